The van der Waals surface area contributed by atoms with Crippen molar-refractivity contribution < 1.29 is 37.4 Å². The Labute approximate surface area is 208 Å². The maximum atomic E-state index is 15.5. The van der Waals surface area contributed by atoms with Crippen LogP contribution in [0.2, 0.25) is 0 Å². The van der Waals surface area contributed by atoms with Crippen molar-refractivity contribution in [2.24, 2.45) is 0 Å². The number of rotatable bonds is 10. The lowest BCUT2D eigenvalue weighted by molar-refractivity contribution is -0.149. The summed E-state index contributed by atoms with van der Waals surface area (Å²) in [6.45, 7) is 6.85. The summed E-state index contributed by atoms with van der Waals surface area (Å²) in [6.07, 6.45) is -3.67. The summed E-state index contributed by atoms with van der Waals surface area (Å²) in [7, 11) is -4.27. The highest BCUT2D eigenvalue weighted by Gasteiger charge is 2.56. The molecule has 1 fully saturated rings. The number of aliphatic hydroxyl groups excluding tert-OH is 1. The SMILES string of the molecule is Cc1ccn(C2OC(COP(=O)(NC(C)C(=O)OC(C)C)Oc3ccccc3)C(O)C2(C)F)c(=O)n1. The zero-order valence-corrected chi connectivity index (χ0v) is 21.6. The van der Waals surface area contributed by atoms with E-state index in [-0.39, 0.29) is 5.75 Å². The molecule has 0 saturated carbocycles. The first-order chi connectivity index (χ1) is 16.8. The lowest BCUT2D eigenvalue weighted by Gasteiger charge is -2.25. The Hall–Kier alpha value is -2.63. The molecule has 36 heavy (non-hydrogen) atoms. The lowest BCUT2D eigenvalue weighted by Crippen LogP contribution is -2.43. The predicted octanol–water partition coefficient (Wildman–Crippen LogP) is 2.67. The molecule has 2 N–H and O–H groups in total. The highest BCUT2D eigenvalue weighted by atomic mass is 31.2. The van der Waals surface area contributed by atoms with Gasteiger partial charge in [-0.2, -0.15) is 10.1 Å². The molecule has 6 unspecified atom stereocenters. The summed E-state index contributed by atoms with van der Waals surface area (Å²) in [5, 5.41) is 13.1. The standard InChI is InChI=1S/C23H31FN3O8P/c1-14(2)33-20(29)16(4)26-36(31,35-17-9-7-6-8-10-17)32-13-18-19(28)23(5,24)21(34-18)27-12-11-15(3)25-22(27)30/h6-12,14,16,18-19,21,28H,13H2,1-5H3,(H,26,31). The Morgan fingerprint density at radius 1 is 1.31 bits per heavy atom. The van der Waals surface area contributed by atoms with Crippen molar-refractivity contribution in [2.75, 3.05) is 6.61 Å². The molecule has 0 bridgehead atoms. The van der Waals surface area contributed by atoms with E-state index in [0.717, 1.165) is 11.5 Å². The first-order valence-corrected chi connectivity index (χ1v) is 12.9. The van der Waals surface area contributed by atoms with Gasteiger partial charge in [0, 0.05) is 11.9 Å². The maximum absolute atomic E-state index is 15.5. The van der Waals surface area contributed by atoms with Crippen LogP contribution in [0.15, 0.2) is 47.4 Å². The summed E-state index contributed by atoms with van der Waals surface area (Å²) in [5.74, 6) is -0.513. The van der Waals surface area contributed by atoms with Crippen LogP contribution in [0.25, 0.3) is 0 Å². The van der Waals surface area contributed by atoms with E-state index < -0.39 is 62.3 Å². The number of halogens is 1. The van der Waals surface area contributed by atoms with Gasteiger partial charge in [0.25, 0.3) is 0 Å². The van der Waals surface area contributed by atoms with Gasteiger partial charge in [0.2, 0.25) is 0 Å². The van der Waals surface area contributed by atoms with Crippen molar-refractivity contribution in [3.63, 3.8) is 0 Å². The highest BCUT2D eigenvalue weighted by Crippen LogP contribution is 2.47. The van der Waals surface area contributed by atoms with Gasteiger partial charge in [-0.25, -0.2) is 13.8 Å². The van der Waals surface area contributed by atoms with Gasteiger partial charge in [0.1, 0.15) is 24.0 Å². The number of hydrogen-bond acceptors (Lipinski definition) is 9. The van der Waals surface area contributed by atoms with E-state index >= 15 is 4.39 Å². The van der Waals surface area contributed by atoms with Crippen molar-refractivity contribution in [3.05, 3.63) is 58.8 Å². The summed E-state index contributed by atoms with van der Waals surface area (Å²) < 4.78 is 51.8. The van der Waals surface area contributed by atoms with Crippen molar-refractivity contribution in [2.45, 2.75) is 70.9 Å². The van der Waals surface area contributed by atoms with Crippen LogP contribution in [0.1, 0.15) is 39.6 Å². The summed E-state index contributed by atoms with van der Waals surface area (Å²) in [4.78, 5) is 28.3. The van der Waals surface area contributed by atoms with Crippen molar-refractivity contribution >= 4 is 13.7 Å². The van der Waals surface area contributed by atoms with E-state index in [1.165, 1.54) is 31.3 Å². The molecular weight excluding hydrogens is 496 g/mol. The number of carbonyl (C=O) groups is 1. The van der Waals surface area contributed by atoms with Gasteiger partial charge in [0.15, 0.2) is 11.9 Å². The van der Waals surface area contributed by atoms with Crippen LogP contribution in [0, 0.1) is 6.92 Å². The normalized spacial score (nSPS) is 26.4. The van der Waals surface area contributed by atoms with Crippen molar-refractivity contribution in [1.29, 1.82) is 0 Å². The van der Waals surface area contributed by atoms with Gasteiger partial charge in [-0.1, -0.05) is 18.2 Å². The number of ether oxygens (including phenoxy) is 2. The number of para-hydroxylation sites is 1. The summed E-state index contributed by atoms with van der Waals surface area (Å²) >= 11 is 0. The third-order valence-electron chi connectivity index (χ3n) is 5.37. The fourth-order valence-electron chi connectivity index (χ4n) is 3.53. The molecule has 6 atom stereocenters. The second kappa shape index (κ2) is 11.2. The van der Waals surface area contributed by atoms with E-state index in [1.54, 1.807) is 39.0 Å². The number of alkyl halides is 1. The monoisotopic (exact) mass is 527 g/mol. The third kappa shape index (κ3) is 6.57. The van der Waals surface area contributed by atoms with Crippen LogP contribution < -0.4 is 15.3 Å². The molecule has 0 radical (unpaired) electrons. The van der Waals surface area contributed by atoms with E-state index in [0.29, 0.717) is 5.69 Å². The molecule has 2 heterocycles. The zero-order valence-electron chi connectivity index (χ0n) is 20.7. The average Bonchev–Trinajstić information content (AvgIpc) is 3.01. The minimum atomic E-state index is -4.27. The topological polar surface area (TPSA) is 138 Å². The molecule has 1 aliphatic heterocycles. The first-order valence-electron chi connectivity index (χ1n) is 11.4. The average molecular weight is 527 g/mol. The second-order valence-electron chi connectivity index (χ2n) is 8.92. The van der Waals surface area contributed by atoms with E-state index in [4.69, 9.17) is 18.5 Å². The molecule has 0 spiro atoms. The second-order valence-corrected chi connectivity index (χ2v) is 10.6. The maximum Gasteiger partial charge on any atom is 0.459 e. The molecule has 0 aliphatic carbocycles. The highest BCUT2D eigenvalue weighted by molar-refractivity contribution is 7.52. The smallest absolute Gasteiger partial charge is 0.459 e. The summed E-state index contributed by atoms with van der Waals surface area (Å²) in [5.41, 5.74) is -2.72. The molecule has 0 amide bonds. The molecule has 1 aliphatic rings. The number of esters is 1. The van der Waals surface area contributed by atoms with E-state index in [9.17, 15) is 19.3 Å². The number of aliphatic hydroxyl groups is 1. The number of aryl methyl sites for hydroxylation is 1. The van der Waals surface area contributed by atoms with Gasteiger partial charge in [-0.05, 0) is 52.8 Å². The number of hydrogen-bond donors (Lipinski definition) is 2. The number of benzene rings is 1. The predicted molar refractivity (Wildman–Crippen MR) is 127 cm³/mol. The van der Waals surface area contributed by atoms with Crippen molar-refractivity contribution in [1.82, 2.24) is 14.6 Å². The largest absolute Gasteiger partial charge is 0.462 e. The molecule has 13 heteroatoms. The third-order valence-corrected chi connectivity index (χ3v) is 7.02. The Kier molecular flexibility index (Phi) is 8.68. The molecule has 3 rings (SSSR count). The minimum absolute atomic E-state index is 0.177. The lowest BCUT2D eigenvalue weighted by atomic mass is 9.98. The fourth-order valence-corrected chi connectivity index (χ4v) is 5.03. The first kappa shape index (κ1) is 27.9. The minimum Gasteiger partial charge on any atom is -0.462 e. The fraction of sp³-hybridized carbons (Fsp3) is 0.522. The van der Waals surface area contributed by atoms with Crippen LogP contribution in [-0.2, 0) is 23.4 Å². The van der Waals surface area contributed by atoms with Gasteiger partial charge >= 0.3 is 19.4 Å². The number of nitrogens with zero attached hydrogens (tertiary/aromatic N) is 2. The molecule has 1 aromatic carbocycles. The Bertz CT molecular complexity index is 1160. The van der Waals surface area contributed by atoms with Crippen LogP contribution in [0.3, 0.4) is 0 Å². The number of nitrogens with one attached hydrogen (secondary N) is 1. The van der Waals surface area contributed by atoms with Crippen LogP contribution in [0.4, 0.5) is 4.39 Å². The zero-order chi connectivity index (χ0) is 26.7. The van der Waals surface area contributed by atoms with Crippen LogP contribution in [0.5, 0.6) is 5.75 Å². The van der Waals surface area contributed by atoms with E-state index in [2.05, 4.69) is 10.1 Å². The van der Waals surface area contributed by atoms with Crippen LogP contribution in [-0.4, -0.2) is 57.3 Å². The number of carbonyl (C=O) groups excluding carboxylic acids is 1. The van der Waals surface area contributed by atoms with E-state index in [1.807, 2.05) is 0 Å². The Morgan fingerprint density at radius 3 is 2.58 bits per heavy atom. The molecule has 1 aromatic heterocycles. The molecule has 1 saturated heterocycles. The quantitative estimate of drug-likeness (QED) is 0.350. The van der Waals surface area contributed by atoms with Crippen LogP contribution >= 0.6 is 7.75 Å². The van der Waals surface area contributed by atoms with Gasteiger partial charge in [-0.15, -0.1) is 0 Å². The molecule has 2 aromatic rings. The Balaban J connectivity index is 1.79. The Morgan fingerprint density at radius 2 is 1.97 bits per heavy atom. The number of aromatic nitrogens is 2. The summed E-state index contributed by atoms with van der Waals surface area (Å²) in [6, 6.07) is 8.48. The van der Waals surface area contributed by atoms with Crippen molar-refractivity contribution in [3.8, 4) is 5.75 Å². The molecule has 11 nitrogen and oxygen atoms in total. The van der Waals surface area contributed by atoms with Gasteiger partial charge in [0.05, 0.1) is 12.7 Å². The van der Waals surface area contributed by atoms with Gasteiger partial charge < -0.3 is 19.1 Å². The van der Waals surface area contributed by atoms with Gasteiger partial charge in [-0.3, -0.25) is 13.9 Å². The molecule has 198 valence electrons. The molecular formula is C23H31FN3O8P.